The topological polar surface area (TPSA) is 79.8 Å². The van der Waals surface area contributed by atoms with E-state index in [-0.39, 0.29) is 17.2 Å². The normalized spacial score (nSPS) is 12.1. The van der Waals surface area contributed by atoms with E-state index in [1.807, 2.05) is 12.1 Å². The van der Waals surface area contributed by atoms with Crippen LogP contribution >= 0.6 is 11.6 Å². The van der Waals surface area contributed by atoms with Gasteiger partial charge in [-0.1, -0.05) is 35.9 Å². The van der Waals surface area contributed by atoms with E-state index in [4.69, 9.17) is 17.3 Å². The molecule has 1 aliphatic rings. The van der Waals surface area contributed by atoms with Crippen LogP contribution in [0, 0.1) is 11.3 Å². The molecule has 2 aromatic carbocycles. The monoisotopic (exact) mass is 305 g/mol. The molecule has 2 N–H and O–H groups in total. The molecule has 0 bridgehead atoms. The number of nitrogen functional groups attached to an aromatic ring is 1. The SMILES string of the molecule is N#Cc1c(N)nc2cc(Cl)cc3c2c1-c1ccccc1C3=O. The van der Waals surface area contributed by atoms with Crippen molar-refractivity contribution in [2.75, 3.05) is 5.73 Å². The van der Waals surface area contributed by atoms with Gasteiger partial charge in [-0.25, -0.2) is 4.98 Å². The van der Waals surface area contributed by atoms with E-state index in [1.54, 1.807) is 24.3 Å². The van der Waals surface area contributed by atoms with Crippen molar-refractivity contribution in [3.05, 3.63) is 58.1 Å². The lowest BCUT2D eigenvalue weighted by molar-refractivity contribution is 0.104. The molecular formula is C17H8ClN3O. The highest BCUT2D eigenvalue weighted by Crippen LogP contribution is 2.43. The van der Waals surface area contributed by atoms with Crippen molar-refractivity contribution in [3.63, 3.8) is 0 Å². The Morgan fingerprint density at radius 2 is 1.86 bits per heavy atom. The Morgan fingerprint density at radius 3 is 2.59 bits per heavy atom. The van der Waals surface area contributed by atoms with E-state index in [2.05, 4.69) is 11.1 Å². The number of aromatic nitrogens is 1. The number of nitrogens with zero attached hydrogens (tertiary/aromatic N) is 2. The number of carbonyl (C=O) groups excluding carboxylic acids is 1. The van der Waals surface area contributed by atoms with E-state index < -0.39 is 0 Å². The lowest BCUT2D eigenvalue weighted by atomic mass is 9.82. The molecule has 1 aromatic heterocycles. The molecular weight excluding hydrogens is 298 g/mol. The van der Waals surface area contributed by atoms with Gasteiger partial charge in [-0.2, -0.15) is 5.26 Å². The van der Waals surface area contributed by atoms with Crippen LogP contribution in [0.15, 0.2) is 36.4 Å². The number of pyridine rings is 1. The van der Waals surface area contributed by atoms with Gasteiger partial charge in [0.15, 0.2) is 5.78 Å². The highest BCUT2D eigenvalue weighted by Gasteiger charge is 2.29. The maximum absolute atomic E-state index is 12.7. The minimum atomic E-state index is -0.119. The lowest BCUT2D eigenvalue weighted by Crippen LogP contribution is -2.12. The number of hydrogen-bond donors (Lipinski definition) is 1. The summed E-state index contributed by atoms with van der Waals surface area (Å²) in [7, 11) is 0. The number of nitrogens with two attached hydrogens (primary N) is 1. The van der Waals surface area contributed by atoms with Crippen LogP contribution in [0.25, 0.3) is 22.0 Å². The second-order valence-electron chi connectivity index (χ2n) is 5.08. The van der Waals surface area contributed by atoms with Gasteiger partial charge in [0.2, 0.25) is 0 Å². The summed E-state index contributed by atoms with van der Waals surface area (Å²) in [4.78, 5) is 17.0. The van der Waals surface area contributed by atoms with Gasteiger partial charge in [-0.05, 0) is 17.7 Å². The zero-order chi connectivity index (χ0) is 15.4. The average Bonchev–Trinajstić information content (AvgIpc) is 2.51. The molecule has 0 atom stereocenters. The van der Waals surface area contributed by atoms with Gasteiger partial charge in [-0.3, -0.25) is 4.79 Å². The first kappa shape index (κ1) is 12.8. The predicted octanol–water partition coefficient (Wildman–Crippen LogP) is 3.55. The number of nitriles is 1. The molecule has 5 heteroatoms. The van der Waals surface area contributed by atoms with E-state index in [1.165, 1.54) is 0 Å². The van der Waals surface area contributed by atoms with Crippen molar-refractivity contribution >= 4 is 34.1 Å². The summed E-state index contributed by atoms with van der Waals surface area (Å²) in [6.07, 6.45) is 0. The summed E-state index contributed by atoms with van der Waals surface area (Å²) in [6.45, 7) is 0. The molecule has 4 rings (SSSR count). The first-order valence-corrected chi connectivity index (χ1v) is 6.96. The van der Waals surface area contributed by atoms with Gasteiger partial charge in [0.25, 0.3) is 0 Å². The second-order valence-corrected chi connectivity index (χ2v) is 5.52. The molecule has 22 heavy (non-hydrogen) atoms. The van der Waals surface area contributed by atoms with E-state index in [0.717, 1.165) is 0 Å². The minimum Gasteiger partial charge on any atom is -0.383 e. The zero-order valence-corrected chi connectivity index (χ0v) is 12.0. The third-order valence-corrected chi connectivity index (χ3v) is 4.10. The smallest absolute Gasteiger partial charge is 0.194 e. The van der Waals surface area contributed by atoms with Gasteiger partial charge in [0, 0.05) is 27.1 Å². The summed E-state index contributed by atoms with van der Waals surface area (Å²) < 4.78 is 0. The number of hydrogen-bond acceptors (Lipinski definition) is 4. The molecule has 0 saturated carbocycles. The molecule has 0 amide bonds. The molecule has 4 nitrogen and oxygen atoms in total. The van der Waals surface area contributed by atoms with Gasteiger partial charge < -0.3 is 5.73 Å². The van der Waals surface area contributed by atoms with Crippen molar-refractivity contribution in [1.82, 2.24) is 4.98 Å². The summed E-state index contributed by atoms with van der Waals surface area (Å²) in [5, 5.41) is 10.5. The maximum Gasteiger partial charge on any atom is 0.194 e. The molecule has 0 unspecified atom stereocenters. The summed E-state index contributed by atoms with van der Waals surface area (Å²) in [6, 6.07) is 12.6. The van der Waals surface area contributed by atoms with Crippen molar-refractivity contribution in [2.24, 2.45) is 0 Å². The van der Waals surface area contributed by atoms with Crippen molar-refractivity contribution in [2.45, 2.75) is 0 Å². The largest absolute Gasteiger partial charge is 0.383 e. The number of halogens is 1. The highest BCUT2D eigenvalue weighted by molar-refractivity contribution is 6.34. The third kappa shape index (κ3) is 1.51. The molecule has 0 aliphatic heterocycles. The molecule has 0 saturated heterocycles. The van der Waals surface area contributed by atoms with Crippen molar-refractivity contribution in [3.8, 4) is 17.2 Å². The van der Waals surface area contributed by atoms with Gasteiger partial charge >= 0.3 is 0 Å². The minimum absolute atomic E-state index is 0.119. The molecule has 3 aromatic rings. The maximum atomic E-state index is 12.7. The van der Waals surface area contributed by atoms with E-state index >= 15 is 0 Å². The van der Waals surface area contributed by atoms with Crippen LogP contribution in [0.1, 0.15) is 21.5 Å². The van der Waals surface area contributed by atoms with Crippen LogP contribution in [0.4, 0.5) is 5.82 Å². The second kappa shape index (κ2) is 4.30. The lowest BCUT2D eigenvalue weighted by Gasteiger charge is -2.21. The van der Waals surface area contributed by atoms with Crippen LogP contribution in [0.3, 0.4) is 0 Å². The van der Waals surface area contributed by atoms with Crippen LogP contribution < -0.4 is 5.73 Å². The number of carbonyl (C=O) groups is 1. The van der Waals surface area contributed by atoms with Crippen molar-refractivity contribution in [1.29, 1.82) is 5.26 Å². The Morgan fingerprint density at radius 1 is 1.14 bits per heavy atom. The first-order chi connectivity index (χ1) is 10.6. The number of ketones is 1. The Kier molecular flexibility index (Phi) is 2.50. The van der Waals surface area contributed by atoms with Crippen LogP contribution in [0.5, 0.6) is 0 Å². The van der Waals surface area contributed by atoms with Crippen molar-refractivity contribution < 1.29 is 4.79 Å². The van der Waals surface area contributed by atoms with Crippen LogP contribution in [-0.4, -0.2) is 10.8 Å². The van der Waals surface area contributed by atoms with Gasteiger partial charge in [0.05, 0.1) is 5.52 Å². The fourth-order valence-corrected chi connectivity index (χ4v) is 3.20. The van der Waals surface area contributed by atoms with Gasteiger partial charge in [0.1, 0.15) is 17.5 Å². The molecule has 0 spiro atoms. The molecule has 1 aliphatic carbocycles. The average molecular weight is 306 g/mol. The highest BCUT2D eigenvalue weighted by atomic mass is 35.5. The number of rotatable bonds is 0. The first-order valence-electron chi connectivity index (χ1n) is 6.58. The quantitative estimate of drug-likeness (QED) is 0.538. The fourth-order valence-electron chi connectivity index (χ4n) is 2.99. The predicted molar refractivity (Wildman–Crippen MR) is 84.7 cm³/mol. The van der Waals surface area contributed by atoms with E-state index in [0.29, 0.717) is 38.2 Å². The number of anilines is 1. The standard InChI is InChI=1S/C17H8ClN3O/c18-8-5-11-15-13(6-8)21-17(20)12(7-19)14(15)9-3-1-2-4-10(9)16(11)22/h1-6H,(H2,20,21). The fraction of sp³-hybridized carbons (Fsp3) is 0. The molecule has 1 heterocycles. The van der Waals surface area contributed by atoms with Crippen LogP contribution in [0.2, 0.25) is 5.02 Å². The summed E-state index contributed by atoms with van der Waals surface area (Å²) in [5.41, 5.74) is 9.11. The Hall–Kier alpha value is -2.90. The molecule has 104 valence electrons. The zero-order valence-electron chi connectivity index (χ0n) is 11.2. The Bertz CT molecular complexity index is 1030. The Labute approximate surface area is 130 Å². The third-order valence-electron chi connectivity index (χ3n) is 3.88. The number of fused-ring (bicyclic) bond motifs is 2. The van der Waals surface area contributed by atoms with E-state index in [9.17, 15) is 10.1 Å². The number of benzene rings is 2. The summed E-state index contributed by atoms with van der Waals surface area (Å²) >= 11 is 6.10. The van der Waals surface area contributed by atoms with Crippen LogP contribution in [-0.2, 0) is 0 Å². The summed E-state index contributed by atoms with van der Waals surface area (Å²) in [5.74, 6) is 0.0217. The van der Waals surface area contributed by atoms with Gasteiger partial charge in [-0.15, -0.1) is 0 Å². The Balaban J connectivity index is 2.34. The molecule has 0 radical (unpaired) electrons. The molecule has 0 fully saturated rings.